The fourth-order valence-corrected chi connectivity index (χ4v) is 4.28. The number of hydrogen-bond acceptors (Lipinski definition) is 3. The molecule has 0 radical (unpaired) electrons. The van der Waals surface area contributed by atoms with Gasteiger partial charge in [0.2, 0.25) is 5.91 Å². The van der Waals surface area contributed by atoms with E-state index in [0.717, 1.165) is 32.1 Å². The number of urea groups is 1. The number of likely N-dealkylation sites (tertiary alicyclic amines) is 1. The number of para-hydroxylation sites is 3. The van der Waals surface area contributed by atoms with Gasteiger partial charge in [-0.2, -0.15) is 0 Å². The van der Waals surface area contributed by atoms with Crippen molar-refractivity contribution in [2.75, 3.05) is 11.9 Å². The average molecular weight is 408 g/mol. The summed E-state index contributed by atoms with van der Waals surface area (Å²) in [6.45, 7) is 0.610. The third-order valence-electron chi connectivity index (χ3n) is 5.87. The van der Waals surface area contributed by atoms with Gasteiger partial charge in [-0.15, -0.1) is 0 Å². The predicted molar refractivity (Wildman–Crippen MR) is 117 cm³/mol. The van der Waals surface area contributed by atoms with Crippen LogP contribution >= 0.6 is 0 Å². The molecular formula is C24H29N3O3. The molecule has 0 aromatic heterocycles. The van der Waals surface area contributed by atoms with Gasteiger partial charge >= 0.3 is 6.03 Å². The Labute approximate surface area is 177 Å². The highest BCUT2D eigenvalue weighted by Crippen LogP contribution is 2.30. The van der Waals surface area contributed by atoms with E-state index in [4.69, 9.17) is 4.74 Å². The lowest BCUT2D eigenvalue weighted by molar-refractivity contribution is -0.119. The van der Waals surface area contributed by atoms with Gasteiger partial charge in [0.15, 0.2) is 5.75 Å². The maximum atomic E-state index is 13.0. The lowest BCUT2D eigenvalue weighted by atomic mass is 9.96. The summed E-state index contributed by atoms with van der Waals surface area (Å²) in [7, 11) is 0. The summed E-state index contributed by atoms with van der Waals surface area (Å²) >= 11 is 0. The molecule has 4 rings (SSSR count). The number of benzene rings is 2. The van der Waals surface area contributed by atoms with Gasteiger partial charge in [0.25, 0.3) is 0 Å². The van der Waals surface area contributed by atoms with Crippen molar-refractivity contribution in [2.24, 2.45) is 0 Å². The number of ether oxygens (including phenoxy) is 1. The molecule has 2 aromatic carbocycles. The highest BCUT2D eigenvalue weighted by molar-refractivity contribution is 5.98. The second kappa shape index (κ2) is 9.65. The number of rotatable bonds is 5. The summed E-state index contributed by atoms with van der Waals surface area (Å²) in [6, 6.07) is 16.5. The molecule has 1 aliphatic carbocycles. The van der Waals surface area contributed by atoms with Gasteiger partial charge in [0, 0.05) is 12.6 Å². The van der Waals surface area contributed by atoms with Crippen LogP contribution in [0.4, 0.5) is 10.5 Å². The standard InChI is InChI=1S/C24H29N3O3/c28-23(21-15-9-17-27(21)24(29)25-18-10-3-1-4-11-18)26-20-14-7-8-16-22(20)30-19-12-5-2-6-13-19/h2,5-8,12-14,16,18,21H,1,3-4,9-11,15,17H2,(H,25,29)(H,26,28). The number of nitrogens with zero attached hydrogens (tertiary/aromatic N) is 1. The fraction of sp³-hybridized carbons (Fsp3) is 0.417. The zero-order valence-electron chi connectivity index (χ0n) is 17.2. The Morgan fingerprint density at radius 3 is 2.40 bits per heavy atom. The topological polar surface area (TPSA) is 70.7 Å². The number of hydrogen-bond donors (Lipinski definition) is 2. The van der Waals surface area contributed by atoms with Crippen LogP contribution in [0.1, 0.15) is 44.9 Å². The largest absolute Gasteiger partial charge is 0.455 e. The molecule has 2 aromatic rings. The van der Waals surface area contributed by atoms with E-state index >= 15 is 0 Å². The number of amides is 3. The number of anilines is 1. The van der Waals surface area contributed by atoms with Crippen LogP contribution in [-0.4, -0.2) is 35.5 Å². The van der Waals surface area contributed by atoms with Gasteiger partial charge in [-0.05, 0) is 49.9 Å². The number of nitrogens with one attached hydrogen (secondary N) is 2. The van der Waals surface area contributed by atoms with Gasteiger partial charge in [-0.1, -0.05) is 49.6 Å². The summed E-state index contributed by atoms with van der Waals surface area (Å²) in [5.41, 5.74) is 0.603. The molecular weight excluding hydrogens is 378 g/mol. The summed E-state index contributed by atoms with van der Waals surface area (Å²) in [5.74, 6) is 1.11. The molecule has 2 aliphatic rings. The Morgan fingerprint density at radius 2 is 1.60 bits per heavy atom. The molecule has 0 spiro atoms. The minimum absolute atomic E-state index is 0.117. The Kier molecular flexibility index (Phi) is 6.52. The van der Waals surface area contributed by atoms with Crippen LogP contribution in [0.2, 0.25) is 0 Å². The van der Waals surface area contributed by atoms with Crippen LogP contribution in [-0.2, 0) is 4.79 Å². The molecule has 158 valence electrons. The number of carbonyl (C=O) groups excluding carboxylic acids is 2. The van der Waals surface area contributed by atoms with Crippen molar-refractivity contribution < 1.29 is 14.3 Å². The third-order valence-corrected chi connectivity index (χ3v) is 5.87. The van der Waals surface area contributed by atoms with E-state index < -0.39 is 6.04 Å². The second-order valence-corrected chi connectivity index (χ2v) is 8.04. The van der Waals surface area contributed by atoms with Crippen LogP contribution in [0.5, 0.6) is 11.5 Å². The van der Waals surface area contributed by atoms with Gasteiger partial charge < -0.3 is 20.3 Å². The smallest absolute Gasteiger partial charge is 0.318 e. The first-order valence-corrected chi connectivity index (χ1v) is 10.9. The molecule has 1 saturated heterocycles. The maximum Gasteiger partial charge on any atom is 0.318 e. The lowest BCUT2D eigenvalue weighted by Gasteiger charge is -2.29. The summed E-state index contributed by atoms with van der Waals surface area (Å²) in [6.07, 6.45) is 7.12. The van der Waals surface area contributed by atoms with Crippen LogP contribution in [0.15, 0.2) is 54.6 Å². The van der Waals surface area contributed by atoms with Crippen molar-refractivity contribution in [3.05, 3.63) is 54.6 Å². The SMILES string of the molecule is O=C(Nc1ccccc1Oc1ccccc1)C1CCCN1C(=O)NC1CCCCC1. The minimum Gasteiger partial charge on any atom is -0.455 e. The van der Waals surface area contributed by atoms with Crippen molar-refractivity contribution in [1.82, 2.24) is 10.2 Å². The molecule has 6 nitrogen and oxygen atoms in total. The van der Waals surface area contributed by atoms with Crippen LogP contribution in [0.25, 0.3) is 0 Å². The van der Waals surface area contributed by atoms with Gasteiger partial charge in [0.05, 0.1) is 5.69 Å². The number of carbonyl (C=O) groups is 2. The van der Waals surface area contributed by atoms with Gasteiger partial charge in [-0.25, -0.2) is 4.79 Å². The molecule has 30 heavy (non-hydrogen) atoms. The van der Waals surface area contributed by atoms with E-state index in [2.05, 4.69) is 10.6 Å². The van der Waals surface area contributed by atoms with E-state index in [1.165, 1.54) is 6.42 Å². The monoisotopic (exact) mass is 407 g/mol. The zero-order valence-corrected chi connectivity index (χ0v) is 17.2. The summed E-state index contributed by atoms with van der Waals surface area (Å²) in [5, 5.41) is 6.11. The highest BCUT2D eigenvalue weighted by Gasteiger charge is 2.35. The average Bonchev–Trinajstić information content (AvgIpc) is 3.27. The molecule has 1 heterocycles. The maximum absolute atomic E-state index is 13.0. The van der Waals surface area contributed by atoms with Crippen molar-refractivity contribution >= 4 is 17.6 Å². The quantitative estimate of drug-likeness (QED) is 0.739. The third kappa shape index (κ3) is 4.93. The van der Waals surface area contributed by atoms with Gasteiger partial charge in [-0.3, -0.25) is 4.79 Å². The zero-order chi connectivity index (χ0) is 20.8. The van der Waals surface area contributed by atoms with Crippen LogP contribution < -0.4 is 15.4 Å². The van der Waals surface area contributed by atoms with E-state index in [1.807, 2.05) is 54.6 Å². The molecule has 1 atom stereocenters. The van der Waals surface area contributed by atoms with E-state index in [1.54, 1.807) is 4.90 Å². The minimum atomic E-state index is -0.460. The molecule has 2 fully saturated rings. The van der Waals surface area contributed by atoms with E-state index in [-0.39, 0.29) is 18.0 Å². The normalized spacial score (nSPS) is 19.3. The Morgan fingerprint density at radius 1 is 0.867 bits per heavy atom. The molecule has 6 heteroatoms. The van der Waals surface area contributed by atoms with Crippen LogP contribution in [0, 0.1) is 0 Å². The Hall–Kier alpha value is -3.02. The van der Waals surface area contributed by atoms with Crippen molar-refractivity contribution in [1.29, 1.82) is 0 Å². The van der Waals surface area contributed by atoms with Crippen molar-refractivity contribution in [2.45, 2.75) is 57.0 Å². The van der Waals surface area contributed by atoms with E-state index in [0.29, 0.717) is 30.2 Å². The molecule has 3 amide bonds. The molecule has 0 bridgehead atoms. The molecule has 2 N–H and O–H groups in total. The van der Waals surface area contributed by atoms with E-state index in [9.17, 15) is 9.59 Å². The molecule has 1 unspecified atom stereocenters. The van der Waals surface area contributed by atoms with Crippen LogP contribution in [0.3, 0.4) is 0 Å². The highest BCUT2D eigenvalue weighted by atomic mass is 16.5. The first-order valence-electron chi connectivity index (χ1n) is 10.9. The summed E-state index contributed by atoms with van der Waals surface area (Å²) < 4.78 is 5.94. The van der Waals surface area contributed by atoms with Crippen molar-refractivity contribution in [3.63, 3.8) is 0 Å². The van der Waals surface area contributed by atoms with Gasteiger partial charge in [0.1, 0.15) is 11.8 Å². The molecule has 1 aliphatic heterocycles. The second-order valence-electron chi connectivity index (χ2n) is 8.04. The Bertz CT molecular complexity index is 865. The Balaban J connectivity index is 1.41. The first-order chi connectivity index (χ1) is 14.7. The first kappa shape index (κ1) is 20.3. The van der Waals surface area contributed by atoms with Crippen molar-refractivity contribution in [3.8, 4) is 11.5 Å². The summed E-state index contributed by atoms with van der Waals surface area (Å²) in [4.78, 5) is 27.5. The lowest BCUT2D eigenvalue weighted by Crippen LogP contribution is -2.50. The predicted octanol–water partition coefficient (Wildman–Crippen LogP) is 4.92. The fourth-order valence-electron chi connectivity index (χ4n) is 4.28. The molecule has 1 saturated carbocycles.